The number of benzene rings is 1. The number of hydrogen-bond donors (Lipinski definition) is 1. The molecule has 1 rings (SSSR count). The number of rotatable bonds is 9. The lowest BCUT2D eigenvalue weighted by Gasteiger charge is -2.27. The van der Waals surface area contributed by atoms with E-state index in [1.807, 2.05) is 6.07 Å². The van der Waals surface area contributed by atoms with Crippen molar-refractivity contribution in [2.45, 2.75) is 27.2 Å². The molecule has 2 N–H and O–H groups in total. The summed E-state index contributed by atoms with van der Waals surface area (Å²) in [6.07, 6.45) is 1.03. The molecule has 0 unspecified atom stereocenters. The van der Waals surface area contributed by atoms with Gasteiger partial charge in [-0.05, 0) is 45.1 Å². The van der Waals surface area contributed by atoms with Gasteiger partial charge in [-0.2, -0.15) is 0 Å². The fourth-order valence-electron chi connectivity index (χ4n) is 2.49. The zero-order valence-electron chi connectivity index (χ0n) is 13.2. The summed E-state index contributed by atoms with van der Waals surface area (Å²) in [5, 5.41) is 0. The molecular formula is C16H26FN3S. The Morgan fingerprint density at radius 3 is 2.33 bits per heavy atom. The van der Waals surface area contributed by atoms with Crippen LogP contribution in [-0.2, 0) is 0 Å². The van der Waals surface area contributed by atoms with Gasteiger partial charge in [0.1, 0.15) is 10.8 Å². The molecule has 0 radical (unpaired) electrons. The van der Waals surface area contributed by atoms with Gasteiger partial charge in [0, 0.05) is 18.8 Å². The number of thiocarbonyl (C=S) groups is 1. The zero-order valence-corrected chi connectivity index (χ0v) is 14.0. The van der Waals surface area contributed by atoms with E-state index >= 15 is 0 Å². The van der Waals surface area contributed by atoms with Crippen molar-refractivity contribution in [1.29, 1.82) is 0 Å². The minimum Gasteiger partial charge on any atom is -0.389 e. The third-order valence-electron chi connectivity index (χ3n) is 3.76. The van der Waals surface area contributed by atoms with Gasteiger partial charge in [0.15, 0.2) is 0 Å². The van der Waals surface area contributed by atoms with Crippen LogP contribution in [0.25, 0.3) is 0 Å². The van der Waals surface area contributed by atoms with Crippen molar-refractivity contribution in [3.8, 4) is 0 Å². The van der Waals surface area contributed by atoms with Crippen LogP contribution in [0.4, 0.5) is 10.1 Å². The van der Waals surface area contributed by atoms with E-state index in [0.29, 0.717) is 5.56 Å². The largest absolute Gasteiger partial charge is 0.389 e. The summed E-state index contributed by atoms with van der Waals surface area (Å²) in [6.45, 7) is 11.2. The van der Waals surface area contributed by atoms with Crippen LogP contribution in [-0.4, -0.2) is 42.6 Å². The molecule has 0 saturated heterocycles. The molecule has 21 heavy (non-hydrogen) atoms. The highest BCUT2D eigenvalue weighted by Gasteiger charge is 2.15. The van der Waals surface area contributed by atoms with E-state index in [4.69, 9.17) is 18.0 Å². The first-order chi connectivity index (χ1) is 10.0. The molecule has 0 bridgehead atoms. The van der Waals surface area contributed by atoms with E-state index in [2.05, 4.69) is 30.6 Å². The van der Waals surface area contributed by atoms with Crippen LogP contribution in [0.3, 0.4) is 0 Å². The van der Waals surface area contributed by atoms with E-state index in [0.717, 1.165) is 44.8 Å². The standard InChI is InChI=1S/C16H26FN3S/c1-4-19(5-2)11-8-12-20(6-3)14-10-7-9-13(17)15(14)16(18)21/h7,9-10H,4-6,8,11-12H2,1-3H3,(H2,18,21). The van der Waals surface area contributed by atoms with Gasteiger partial charge >= 0.3 is 0 Å². The van der Waals surface area contributed by atoms with E-state index in [9.17, 15) is 4.39 Å². The summed E-state index contributed by atoms with van der Waals surface area (Å²) < 4.78 is 14.0. The number of anilines is 1. The van der Waals surface area contributed by atoms with Gasteiger partial charge in [-0.15, -0.1) is 0 Å². The second kappa shape index (κ2) is 8.95. The Balaban J connectivity index is 2.81. The average Bonchev–Trinajstić information content (AvgIpc) is 2.47. The fourth-order valence-corrected chi connectivity index (χ4v) is 2.70. The van der Waals surface area contributed by atoms with E-state index in [1.54, 1.807) is 6.07 Å². The Kier molecular flexibility index (Phi) is 7.61. The molecule has 3 nitrogen and oxygen atoms in total. The zero-order chi connectivity index (χ0) is 15.8. The van der Waals surface area contributed by atoms with Crippen LogP contribution < -0.4 is 10.6 Å². The summed E-state index contributed by atoms with van der Waals surface area (Å²) in [5.41, 5.74) is 6.84. The quantitative estimate of drug-likeness (QED) is 0.711. The Bertz CT molecular complexity index is 461. The van der Waals surface area contributed by atoms with Crippen molar-refractivity contribution in [3.05, 3.63) is 29.6 Å². The number of nitrogens with zero attached hydrogens (tertiary/aromatic N) is 2. The Morgan fingerprint density at radius 2 is 1.81 bits per heavy atom. The molecule has 0 fully saturated rings. The molecule has 0 aliphatic carbocycles. The fraction of sp³-hybridized carbons (Fsp3) is 0.562. The highest BCUT2D eigenvalue weighted by atomic mass is 32.1. The maximum Gasteiger partial charge on any atom is 0.135 e. The third kappa shape index (κ3) is 4.93. The second-order valence-electron chi connectivity index (χ2n) is 4.96. The van der Waals surface area contributed by atoms with Crippen molar-refractivity contribution >= 4 is 22.9 Å². The van der Waals surface area contributed by atoms with Gasteiger partial charge in [0.25, 0.3) is 0 Å². The van der Waals surface area contributed by atoms with Crippen LogP contribution >= 0.6 is 12.2 Å². The maximum absolute atomic E-state index is 14.0. The van der Waals surface area contributed by atoms with Crippen molar-refractivity contribution < 1.29 is 4.39 Å². The van der Waals surface area contributed by atoms with E-state index in [1.165, 1.54) is 6.07 Å². The molecule has 0 heterocycles. The highest BCUT2D eigenvalue weighted by molar-refractivity contribution is 7.80. The smallest absolute Gasteiger partial charge is 0.135 e. The van der Waals surface area contributed by atoms with Gasteiger partial charge < -0.3 is 15.5 Å². The summed E-state index contributed by atoms with van der Waals surface area (Å²) in [6, 6.07) is 5.00. The first-order valence-electron chi connectivity index (χ1n) is 7.60. The SMILES string of the molecule is CCN(CC)CCCN(CC)c1cccc(F)c1C(N)=S. The van der Waals surface area contributed by atoms with Crippen molar-refractivity contribution in [2.24, 2.45) is 5.73 Å². The molecule has 0 aliphatic rings. The molecular weight excluding hydrogens is 285 g/mol. The molecule has 1 aromatic rings. The van der Waals surface area contributed by atoms with Crippen LogP contribution in [0.1, 0.15) is 32.8 Å². The van der Waals surface area contributed by atoms with Gasteiger partial charge in [-0.3, -0.25) is 0 Å². The van der Waals surface area contributed by atoms with Gasteiger partial charge in [0.2, 0.25) is 0 Å². The maximum atomic E-state index is 14.0. The molecule has 0 spiro atoms. The lowest BCUT2D eigenvalue weighted by atomic mass is 10.1. The monoisotopic (exact) mass is 311 g/mol. The van der Waals surface area contributed by atoms with Crippen LogP contribution in [0.15, 0.2) is 18.2 Å². The van der Waals surface area contributed by atoms with Crippen LogP contribution in [0, 0.1) is 5.82 Å². The number of hydrogen-bond acceptors (Lipinski definition) is 3. The van der Waals surface area contributed by atoms with Gasteiger partial charge in [-0.25, -0.2) is 4.39 Å². The summed E-state index contributed by atoms with van der Waals surface area (Å²) in [5.74, 6) is -0.345. The predicted molar refractivity (Wildman–Crippen MR) is 92.6 cm³/mol. The topological polar surface area (TPSA) is 32.5 Å². The minimum absolute atomic E-state index is 0.116. The minimum atomic E-state index is -0.345. The van der Waals surface area contributed by atoms with Crippen molar-refractivity contribution in [3.63, 3.8) is 0 Å². The Morgan fingerprint density at radius 1 is 1.14 bits per heavy atom. The highest BCUT2D eigenvalue weighted by Crippen LogP contribution is 2.23. The Labute approximate surface area is 132 Å². The Hall–Kier alpha value is -1.20. The van der Waals surface area contributed by atoms with Crippen LogP contribution in [0.5, 0.6) is 0 Å². The summed E-state index contributed by atoms with van der Waals surface area (Å²) >= 11 is 5.00. The van der Waals surface area contributed by atoms with Crippen molar-refractivity contribution in [2.75, 3.05) is 37.6 Å². The third-order valence-corrected chi connectivity index (χ3v) is 3.96. The molecule has 0 saturated carbocycles. The summed E-state index contributed by atoms with van der Waals surface area (Å²) in [4.78, 5) is 4.64. The first-order valence-corrected chi connectivity index (χ1v) is 8.01. The number of nitrogens with two attached hydrogens (primary N) is 1. The molecule has 118 valence electrons. The van der Waals surface area contributed by atoms with E-state index in [-0.39, 0.29) is 10.8 Å². The molecule has 5 heteroatoms. The molecule has 1 aromatic carbocycles. The lowest BCUT2D eigenvalue weighted by molar-refractivity contribution is 0.301. The first kappa shape index (κ1) is 17.9. The summed E-state index contributed by atoms with van der Waals surface area (Å²) in [7, 11) is 0. The molecule has 0 aliphatic heterocycles. The predicted octanol–water partition coefficient (Wildman–Crippen LogP) is 3.02. The lowest BCUT2D eigenvalue weighted by Crippen LogP contribution is -2.31. The number of halogens is 1. The normalized spacial score (nSPS) is 10.9. The average molecular weight is 311 g/mol. The van der Waals surface area contributed by atoms with Gasteiger partial charge in [0.05, 0.1) is 5.56 Å². The van der Waals surface area contributed by atoms with E-state index < -0.39 is 0 Å². The van der Waals surface area contributed by atoms with Crippen molar-refractivity contribution in [1.82, 2.24) is 4.90 Å². The second-order valence-corrected chi connectivity index (χ2v) is 5.40. The van der Waals surface area contributed by atoms with Crippen LogP contribution in [0.2, 0.25) is 0 Å². The molecule has 0 amide bonds. The molecule has 0 aromatic heterocycles. The van der Waals surface area contributed by atoms with Gasteiger partial charge in [-0.1, -0.05) is 32.1 Å². The molecule has 0 atom stereocenters.